The lowest BCUT2D eigenvalue weighted by Crippen LogP contribution is -2.24. The average molecular weight is 346 g/mol. The molecule has 0 aliphatic carbocycles. The number of hydrogen-bond donors (Lipinski definition) is 3. The number of carboxylic acids is 1. The fourth-order valence-electron chi connectivity index (χ4n) is 2.59. The Bertz CT molecular complexity index is 929. The molecule has 0 bridgehead atoms. The third-order valence-corrected chi connectivity index (χ3v) is 4.85. The van der Waals surface area contributed by atoms with Crippen molar-refractivity contribution in [2.75, 3.05) is 0 Å². The van der Waals surface area contributed by atoms with E-state index in [-0.39, 0.29) is 29.6 Å². The van der Waals surface area contributed by atoms with Crippen molar-refractivity contribution in [3.8, 4) is 0 Å². The van der Waals surface area contributed by atoms with E-state index < -0.39 is 5.97 Å². The van der Waals surface area contributed by atoms with Gasteiger partial charge in [-0.15, -0.1) is 11.3 Å². The number of rotatable bonds is 5. The number of carbonyl (C=O) groups excluding carboxylic acids is 1. The Hall–Kier alpha value is -2.67. The highest BCUT2D eigenvalue weighted by Crippen LogP contribution is 2.24. The maximum Gasteiger partial charge on any atom is 0.345 e. The van der Waals surface area contributed by atoms with Gasteiger partial charge >= 0.3 is 5.97 Å². The molecular formula is C17H15FN2O3S. The molecule has 0 unspecified atom stereocenters. The number of thiophene rings is 1. The van der Waals surface area contributed by atoms with E-state index in [1.807, 2.05) is 0 Å². The van der Waals surface area contributed by atoms with Crippen molar-refractivity contribution in [1.29, 1.82) is 0 Å². The SMILES string of the molecule is Cc1[nH]c2c(F)cccc2c1CC(=O)NCc1ccc(C(=O)O)s1. The monoisotopic (exact) mass is 346 g/mol. The molecule has 124 valence electrons. The summed E-state index contributed by atoms with van der Waals surface area (Å²) in [7, 11) is 0. The maximum absolute atomic E-state index is 13.8. The van der Waals surface area contributed by atoms with Crippen LogP contribution in [0.25, 0.3) is 10.9 Å². The molecule has 5 nitrogen and oxygen atoms in total. The lowest BCUT2D eigenvalue weighted by atomic mass is 10.1. The van der Waals surface area contributed by atoms with Crippen LogP contribution in [0.2, 0.25) is 0 Å². The number of carbonyl (C=O) groups is 2. The van der Waals surface area contributed by atoms with Gasteiger partial charge in [-0.05, 0) is 30.7 Å². The minimum absolute atomic E-state index is 0.131. The predicted molar refractivity (Wildman–Crippen MR) is 89.8 cm³/mol. The van der Waals surface area contributed by atoms with Crippen molar-refractivity contribution in [2.45, 2.75) is 19.9 Å². The second-order valence-corrected chi connectivity index (χ2v) is 6.58. The van der Waals surface area contributed by atoms with Crippen LogP contribution >= 0.6 is 11.3 Å². The summed E-state index contributed by atoms with van der Waals surface area (Å²) in [5.74, 6) is -1.52. The first-order valence-corrected chi connectivity index (χ1v) is 8.11. The third kappa shape index (κ3) is 3.16. The van der Waals surface area contributed by atoms with Gasteiger partial charge in [0.25, 0.3) is 0 Å². The standard InChI is InChI=1S/C17H15FN2O3S/c1-9-12(11-3-2-4-13(18)16(11)20-9)7-15(21)19-8-10-5-6-14(24-10)17(22)23/h2-6,20H,7-8H2,1H3,(H,19,21)(H,22,23). The molecule has 2 heterocycles. The van der Waals surface area contributed by atoms with Gasteiger partial charge in [0.1, 0.15) is 10.7 Å². The van der Waals surface area contributed by atoms with E-state index in [0.717, 1.165) is 27.5 Å². The zero-order valence-electron chi connectivity index (χ0n) is 12.9. The molecule has 0 aliphatic heterocycles. The fraction of sp³-hybridized carbons (Fsp3) is 0.176. The first kappa shape index (κ1) is 16.2. The number of benzene rings is 1. The second kappa shape index (κ2) is 6.45. The van der Waals surface area contributed by atoms with Gasteiger partial charge in [0.2, 0.25) is 5.91 Å². The van der Waals surface area contributed by atoms with Crippen LogP contribution in [0.5, 0.6) is 0 Å². The third-order valence-electron chi connectivity index (χ3n) is 3.77. The fourth-order valence-corrected chi connectivity index (χ4v) is 3.38. The first-order valence-electron chi connectivity index (χ1n) is 7.30. The molecule has 0 fully saturated rings. The van der Waals surface area contributed by atoms with E-state index in [1.165, 1.54) is 12.1 Å². The molecule has 3 rings (SSSR count). The number of aryl methyl sites for hydroxylation is 1. The summed E-state index contributed by atoms with van der Waals surface area (Å²) >= 11 is 1.13. The number of nitrogens with one attached hydrogen (secondary N) is 2. The Labute approximate surface area is 141 Å². The summed E-state index contributed by atoms with van der Waals surface area (Å²) in [6.07, 6.45) is 0.131. The van der Waals surface area contributed by atoms with Gasteiger partial charge in [-0.3, -0.25) is 4.79 Å². The lowest BCUT2D eigenvalue weighted by molar-refractivity contribution is -0.120. The minimum Gasteiger partial charge on any atom is -0.477 e. The highest BCUT2D eigenvalue weighted by molar-refractivity contribution is 7.13. The Morgan fingerprint density at radius 2 is 2.08 bits per heavy atom. The van der Waals surface area contributed by atoms with E-state index in [1.54, 1.807) is 25.1 Å². The van der Waals surface area contributed by atoms with E-state index in [2.05, 4.69) is 10.3 Å². The minimum atomic E-state index is -0.978. The largest absolute Gasteiger partial charge is 0.477 e. The number of amides is 1. The number of hydrogen-bond acceptors (Lipinski definition) is 3. The number of H-pyrrole nitrogens is 1. The van der Waals surface area contributed by atoms with Crippen LogP contribution in [0, 0.1) is 12.7 Å². The highest BCUT2D eigenvalue weighted by Gasteiger charge is 2.15. The van der Waals surface area contributed by atoms with Gasteiger partial charge < -0.3 is 15.4 Å². The summed E-state index contributed by atoms with van der Waals surface area (Å²) in [5, 5.41) is 12.4. The number of para-hydroxylation sites is 1. The van der Waals surface area contributed by atoms with Gasteiger partial charge in [0.15, 0.2) is 0 Å². The van der Waals surface area contributed by atoms with Crippen molar-refractivity contribution < 1.29 is 19.1 Å². The van der Waals surface area contributed by atoms with Gasteiger partial charge in [-0.1, -0.05) is 12.1 Å². The van der Waals surface area contributed by atoms with Crippen LogP contribution in [-0.4, -0.2) is 22.0 Å². The normalized spacial score (nSPS) is 10.9. The quantitative estimate of drug-likeness (QED) is 0.663. The molecule has 2 aromatic heterocycles. The topological polar surface area (TPSA) is 82.2 Å². The predicted octanol–water partition coefficient (Wildman–Crippen LogP) is 3.23. The van der Waals surface area contributed by atoms with Crippen molar-refractivity contribution in [3.05, 3.63) is 57.2 Å². The number of carboxylic acid groups (broad SMARTS) is 1. The smallest absolute Gasteiger partial charge is 0.345 e. The van der Waals surface area contributed by atoms with E-state index in [0.29, 0.717) is 10.9 Å². The van der Waals surface area contributed by atoms with E-state index >= 15 is 0 Å². The molecule has 0 spiro atoms. The molecule has 3 aromatic rings. The molecule has 7 heteroatoms. The van der Waals surface area contributed by atoms with Gasteiger partial charge in [0.05, 0.1) is 18.5 Å². The van der Waals surface area contributed by atoms with E-state index in [4.69, 9.17) is 5.11 Å². The molecule has 0 radical (unpaired) electrons. The zero-order valence-corrected chi connectivity index (χ0v) is 13.7. The summed E-state index contributed by atoms with van der Waals surface area (Å²) in [6.45, 7) is 2.08. The van der Waals surface area contributed by atoms with Crippen LogP contribution < -0.4 is 5.32 Å². The van der Waals surface area contributed by atoms with Crippen LogP contribution in [0.15, 0.2) is 30.3 Å². The molecule has 0 saturated carbocycles. The number of halogens is 1. The van der Waals surface area contributed by atoms with Crippen molar-refractivity contribution in [1.82, 2.24) is 10.3 Å². The number of fused-ring (bicyclic) bond motifs is 1. The van der Waals surface area contributed by atoms with Crippen molar-refractivity contribution in [3.63, 3.8) is 0 Å². The summed E-state index contributed by atoms with van der Waals surface area (Å²) < 4.78 is 13.8. The number of aromatic nitrogens is 1. The summed E-state index contributed by atoms with van der Waals surface area (Å²) in [6, 6.07) is 7.97. The van der Waals surface area contributed by atoms with Crippen molar-refractivity contribution >= 4 is 34.1 Å². The molecule has 0 saturated heterocycles. The Morgan fingerprint density at radius 3 is 2.79 bits per heavy atom. The Kier molecular flexibility index (Phi) is 4.35. The first-order chi connectivity index (χ1) is 11.5. The molecule has 1 aromatic carbocycles. The van der Waals surface area contributed by atoms with E-state index in [9.17, 15) is 14.0 Å². The zero-order chi connectivity index (χ0) is 17.3. The Morgan fingerprint density at radius 1 is 1.29 bits per heavy atom. The molecule has 0 atom stereocenters. The summed E-state index contributed by atoms with van der Waals surface area (Å²) in [5.41, 5.74) is 1.93. The molecule has 1 amide bonds. The van der Waals surface area contributed by atoms with Gasteiger partial charge in [0, 0.05) is 16.0 Å². The van der Waals surface area contributed by atoms with Gasteiger partial charge in [-0.25, -0.2) is 9.18 Å². The molecule has 24 heavy (non-hydrogen) atoms. The van der Waals surface area contributed by atoms with Crippen molar-refractivity contribution in [2.24, 2.45) is 0 Å². The average Bonchev–Trinajstić information content (AvgIpc) is 3.13. The number of aromatic amines is 1. The molecular weight excluding hydrogens is 331 g/mol. The van der Waals surface area contributed by atoms with Crippen LogP contribution in [0.1, 0.15) is 25.8 Å². The van der Waals surface area contributed by atoms with Crippen LogP contribution in [0.4, 0.5) is 4.39 Å². The maximum atomic E-state index is 13.8. The molecule has 3 N–H and O–H groups in total. The van der Waals surface area contributed by atoms with Gasteiger partial charge in [-0.2, -0.15) is 0 Å². The second-order valence-electron chi connectivity index (χ2n) is 5.42. The lowest BCUT2D eigenvalue weighted by Gasteiger charge is -2.04. The highest BCUT2D eigenvalue weighted by atomic mass is 32.1. The molecule has 0 aliphatic rings. The summed E-state index contributed by atoms with van der Waals surface area (Å²) in [4.78, 5) is 27.0. The van der Waals surface area contributed by atoms with Crippen LogP contribution in [0.3, 0.4) is 0 Å². The van der Waals surface area contributed by atoms with Crippen LogP contribution in [-0.2, 0) is 17.8 Å². The Balaban J connectivity index is 1.70. The number of aromatic carboxylic acids is 1.